The molecule has 0 bridgehead atoms. The van der Waals surface area contributed by atoms with Crippen LogP contribution in [0.1, 0.15) is 30.5 Å². The molecule has 7 aromatic rings. The molecule has 5 nitrogen and oxygen atoms in total. The van der Waals surface area contributed by atoms with Crippen molar-refractivity contribution in [2.24, 2.45) is 0 Å². The summed E-state index contributed by atoms with van der Waals surface area (Å²) in [6, 6.07) is 51.2. The molecule has 0 amide bonds. The van der Waals surface area contributed by atoms with Gasteiger partial charge < -0.3 is 4.74 Å². The van der Waals surface area contributed by atoms with Crippen molar-refractivity contribution in [3.05, 3.63) is 162 Å². The number of benzene rings is 6. The zero-order valence-electron chi connectivity index (χ0n) is 26.6. The molecule has 48 heavy (non-hydrogen) atoms. The molecule has 0 saturated heterocycles. The van der Waals surface area contributed by atoms with E-state index in [4.69, 9.17) is 19.7 Å². The van der Waals surface area contributed by atoms with Crippen LogP contribution in [-0.4, -0.2) is 15.0 Å². The third kappa shape index (κ3) is 5.01. The van der Waals surface area contributed by atoms with Crippen LogP contribution in [0, 0.1) is 11.3 Å². The highest BCUT2D eigenvalue weighted by atomic mass is 16.5. The van der Waals surface area contributed by atoms with Gasteiger partial charge in [0.25, 0.3) is 0 Å². The van der Waals surface area contributed by atoms with Crippen LogP contribution in [-0.2, 0) is 5.41 Å². The molecular weight excluding hydrogens is 589 g/mol. The van der Waals surface area contributed by atoms with E-state index in [9.17, 15) is 5.26 Å². The van der Waals surface area contributed by atoms with Gasteiger partial charge >= 0.3 is 0 Å². The minimum Gasteiger partial charge on any atom is -0.457 e. The zero-order chi connectivity index (χ0) is 32.7. The first-order valence-corrected chi connectivity index (χ1v) is 15.9. The molecule has 0 N–H and O–H groups in total. The summed E-state index contributed by atoms with van der Waals surface area (Å²) < 4.78 is 6.36. The highest BCUT2D eigenvalue weighted by Gasteiger charge is 2.36. The summed E-state index contributed by atoms with van der Waals surface area (Å²) in [6.07, 6.45) is 0. The summed E-state index contributed by atoms with van der Waals surface area (Å²) in [6.45, 7) is 4.32. The first-order valence-electron chi connectivity index (χ1n) is 15.9. The van der Waals surface area contributed by atoms with Gasteiger partial charge in [-0.15, -0.1) is 0 Å². The van der Waals surface area contributed by atoms with E-state index in [-0.39, 0.29) is 0 Å². The molecule has 0 atom stereocenters. The average molecular weight is 619 g/mol. The molecule has 2 heterocycles. The molecule has 0 saturated carbocycles. The third-order valence-corrected chi connectivity index (χ3v) is 9.04. The van der Waals surface area contributed by atoms with E-state index in [1.165, 1.54) is 0 Å². The predicted molar refractivity (Wildman–Crippen MR) is 190 cm³/mol. The lowest BCUT2D eigenvalue weighted by molar-refractivity contribution is 0.417. The second-order valence-corrected chi connectivity index (χ2v) is 12.4. The van der Waals surface area contributed by atoms with Gasteiger partial charge in [-0.25, -0.2) is 15.0 Å². The molecule has 0 radical (unpaired) electrons. The van der Waals surface area contributed by atoms with E-state index in [0.29, 0.717) is 23.0 Å². The van der Waals surface area contributed by atoms with Crippen molar-refractivity contribution < 1.29 is 4.74 Å². The van der Waals surface area contributed by atoms with Gasteiger partial charge in [0.2, 0.25) is 0 Å². The van der Waals surface area contributed by atoms with Crippen molar-refractivity contribution in [2.45, 2.75) is 19.3 Å². The van der Waals surface area contributed by atoms with Crippen molar-refractivity contribution in [3.63, 3.8) is 0 Å². The zero-order valence-corrected chi connectivity index (χ0v) is 26.6. The van der Waals surface area contributed by atoms with E-state index < -0.39 is 5.41 Å². The van der Waals surface area contributed by atoms with Crippen LogP contribution in [0.5, 0.6) is 11.5 Å². The van der Waals surface area contributed by atoms with Crippen LogP contribution in [0.4, 0.5) is 0 Å². The highest BCUT2D eigenvalue weighted by molar-refractivity contribution is 5.91. The maximum absolute atomic E-state index is 9.93. The molecule has 0 fully saturated rings. The average Bonchev–Trinajstić information content (AvgIpc) is 3.15. The number of nitrogens with zero attached hydrogens (tertiary/aromatic N) is 4. The molecule has 1 aromatic heterocycles. The second-order valence-electron chi connectivity index (χ2n) is 12.4. The summed E-state index contributed by atoms with van der Waals surface area (Å²) in [7, 11) is 0. The molecule has 6 aromatic carbocycles. The lowest BCUT2D eigenvalue weighted by Gasteiger charge is -2.35. The Hall–Kier alpha value is -6.38. The first kappa shape index (κ1) is 29.1. The van der Waals surface area contributed by atoms with Gasteiger partial charge in [0, 0.05) is 33.2 Å². The van der Waals surface area contributed by atoms with Gasteiger partial charge in [-0.1, -0.05) is 135 Å². The monoisotopic (exact) mass is 618 g/mol. The van der Waals surface area contributed by atoms with Gasteiger partial charge in [-0.3, -0.25) is 0 Å². The fraction of sp³-hybridized carbons (Fsp3) is 0.0698. The first-order chi connectivity index (χ1) is 23.5. The Morgan fingerprint density at radius 3 is 1.67 bits per heavy atom. The van der Waals surface area contributed by atoms with Crippen LogP contribution in [0.15, 0.2) is 146 Å². The summed E-state index contributed by atoms with van der Waals surface area (Å²) in [5, 5.41) is 9.93. The Morgan fingerprint density at radius 2 is 1.04 bits per heavy atom. The Labute approximate surface area is 279 Å². The minimum atomic E-state index is -0.440. The van der Waals surface area contributed by atoms with Crippen LogP contribution in [0.3, 0.4) is 0 Å². The summed E-state index contributed by atoms with van der Waals surface area (Å²) in [5.74, 6) is 3.38. The number of hydrogen-bond donors (Lipinski definition) is 0. The van der Waals surface area contributed by atoms with Crippen LogP contribution in [0.25, 0.3) is 56.4 Å². The van der Waals surface area contributed by atoms with Gasteiger partial charge in [0.05, 0.1) is 11.6 Å². The van der Waals surface area contributed by atoms with E-state index in [1.807, 2.05) is 91.0 Å². The SMILES string of the molecule is CC1(C)c2cc(-c3ccccc3-c3ccccc3-c3nc(-c4ccccc4)nc(-c4ccccc4)n3)ccc2Oc2cccc(C#N)c21. The van der Waals surface area contributed by atoms with E-state index >= 15 is 0 Å². The Bertz CT molecular complexity index is 2300. The fourth-order valence-corrected chi connectivity index (χ4v) is 6.69. The van der Waals surface area contributed by atoms with Gasteiger partial charge in [0.1, 0.15) is 11.5 Å². The molecule has 8 rings (SSSR count). The van der Waals surface area contributed by atoms with Crippen LogP contribution < -0.4 is 4.74 Å². The normalized spacial score (nSPS) is 12.7. The Kier molecular flexibility index (Phi) is 7.12. The quantitative estimate of drug-likeness (QED) is 0.192. The smallest absolute Gasteiger partial charge is 0.164 e. The van der Waals surface area contributed by atoms with Gasteiger partial charge in [0.15, 0.2) is 17.5 Å². The standard InChI is InChI=1S/C43H30N4O/c1-43(2)36-26-30(24-25-37(36)48-38-23-13-18-31(27-44)39(38)43)32-19-9-10-20-33(32)34-21-11-12-22-35(34)42-46-40(28-14-5-3-6-15-28)45-41(47-42)29-16-7-4-8-17-29/h3-26H,1-2H3. The van der Waals surface area contributed by atoms with Crippen LogP contribution in [0.2, 0.25) is 0 Å². The third-order valence-electron chi connectivity index (χ3n) is 9.04. The van der Waals surface area contributed by atoms with Crippen molar-refractivity contribution in [1.29, 1.82) is 5.26 Å². The van der Waals surface area contributed by atoms with Crippen molar-refractivity contribution >= 4 is 0 Å². The maximum Gasteiger partial charge on any atom is 0.164 e. The molecular formula is C43H30N4O. The summed E-state index contributed by atoms with van der Waals surface area (Å²) in [4.78, 5) is 15.0. The number of ether oxygens (including phenoxy) is 1. The largest absolute Gasteiger partial charge is 0.457 e. The highest BCUT2D eigenvalue weighted by Crippen LogP contribution is 2.50. The second kappa shape index (κ2) is 11.8. The molecule has 1 aliphatic heterocycles. The number of aromatic nitrogens is 3. The lowest BCUT2D eigenvalue weighted by Crippen LogP contribution is -2.25. The lowest BCUT2D eigenvalue weighted by atomic mass is 9.73. The van der Waals surface area contributed by atoms with Gasteiger partial charge in [-0.2, -0.15) is 5.26 Å². The summed E-state index contributed by atoms with van der Waals surface area (Å²) in [5.41, 5.74) is 9.11. The fourth-order valence-electron chi connectivity index (χ4n) is 6.69. The summed E-state index contributed by atoms with van der Waals surface area (Å²) >= 11 is 0. The molecule has 0 unspecified atom stereocenters. The van der Waals surface area contributed by atoms with Crippen molar-refractivity contribution in [3.8, 4) is 74.0 Å². The Balaban J connectivity index is 1.28. The number of rotatable bonds is 5. The molecule has 1 aliphatic rings. The topological polar surface area (TPSA) is 71.7 Å². The molecule has 5 heteroatoms. The minimum absolute atomic E-state index is 0.440. The van der Waals surface area contributed by atoms with Crippen molar-refractivity contribution in [1.82, 2.24) is 15.0 Å². The molecule has 0 spiro atoms. The van der Waals surface area contributed by atoms with Crippen molar-refractivity contribution in [2.75, 3.05) is 0 Å². The maximum atomic E-state index is 9.93. The van der Waals surface area contributed by atoms with Crippen LogP contribution >= 0.6 is 0 Å². The predicted octanol–water partition coefficient (Wildman–Crippen LogP) is 10.5. The van der Waals surface area contributed by atoms with Gasteiger partial charge in [-0.05, 0) is 46.5 Å². The van der Waals surface area contributed by atoms with E-state index in [1.54, 1.807) is 0 Å². The number of nitriles is 1. The van der Waals surface area contributed by atoms with E-state index in [2.05, 4.69) is 74.5 Å². The Morgan fingerprint density at radius 1 is 0.500 bits per heavy atom. The number of fused-ring (bicyclic) bond motifs is 2. The molecule has 228 valence electrons. The van der Waals surface area contributed by atoms with E-state index in [0.717, 1.165) is 61.6 Å². The number of hydrogen-bond acceptors (Lipinski definition) is 5. The molecule has 0 aliphatic carbocycles.